The summed E-state index contributed by atoms with van der Waals surface area (Å²) < 4.78 is 39.2. The van der Waals surface area contributed by atoms with Gasteiger partial charge in [0.1, 0.15) is 5.41 Å². The van der Waals surface area contributed by atoms with Crippen LogP contribution < -0.4 is 0 Å². The molecule has 0 aliphatic carbocycles. The number of hydrogen-bond acceptors (Lipinski definition) is 1. The molecule has 0 rings (SSSR count). The van der Waals surface area contributed by atoms with Gasteiger partial charge in [0.05, 0.1) is 0 Å². The Morgan fingerprint density at radius 1 is 1.12 bits per heavy atom. The number of carbonyl (C=O) groups excluding carboxylic acids is 1. The maximum atomic E-state index is 13.1. The van der Waals surface area contributed by atoms with Crippen molar-refractivity contribution in [2.45, 2.75) is 53.1 Å². The van der Waals surface area contributed by atoms with E-state index in [4.69, 9.17) is 0 Å². The molecule has 0 bridgehead atoms. The zero-order chi connectivity index (χ0) is 13.7. The second-order valence-corrected chi connectivity index (χ2v) is 4.41. The molecule has 1 atom stereocenters. The second kappa shape index (κ2) is 6.26. The molecule has 0 saturated heterocycles. The van der Waals surface area contributed by atoms with Gasteiger partial charge in [0.25, 0.3) is 0 Å². The molecule has 0 aromatic heterocycles. The monoisotopic (exact) mass is 253 g/mol. The largest absolute Gasteiger partial charge is 0.402 e. The average Bonchev–Trinajstić information content (AvgIpc) is 2.25. The van der Waals surface area contributed by atoms with E-state index in [0.717, 1.165) is 6.92 Å². The quantitative estimate of drug-likeness (QED) is 0.708. The van der Waals surface area contributed by atoms with E-state index in [0.29, 0.717) is 25.9 Å². The van der Waals surface area contributed by atoms with E-state index in [1.165, 1.54) is 4.90 Å². The van der Waals surface area contributed by atoms with E-state index >= 15 is 0 Å². The Bertz CT molecular complexity index is 249. The van der Waals surface area contributed by atoms with Gasteiger partial charge in [-0.2, -0.15) is 13.2 Å². The van der Waals surface area contributed by atoms with Crippen LogP contribution in [0.2, 0.25) is 0 Å². The van der Waals surface area contributed by atoms with E-state index in [9.17, 15) is 18.0 Å². The minimum Gasteiger partial charge on any atom is -0.342 e. The Labute approximate surface area is 101 Å². The van der Waals surface area contributed by atoms with Crippen LogP contribution in [0.25, 0.3) is 0 Å². The fourth-order valence-corrected chi connectivity index (χ4v) is 1.76. The van der Waals surface area contributed by atoms with Crippen molar-refractivity contribution in [3.05, 3.63) is 0 Å². The average molecular weight is 253 g/mol. The van der Waals surface area contributed by atoms with Crippen molar-refractivity contribution in [3.8, 4) is 0 Å². The van der Waals surface area contributed by atoms with E-state index in [2.05, 4.69) is 0 Å². The van der Waals surface area contributed by atoms with Crippen molar-refractivity contribution in [3.63, 3.8) is 0 Å². The number of carbonyl (C=O) groups is 1. The maximum absolute atomic E-state index is 13.1. The van der Waals surface area contributed by atoms with Gasteiger partial charge in [0.15, 0.2) is 0 Å². The summed E-state index contributed by atoms with van der Waals surface area (Å²) in [6.07, 6.45) is -3.57. The summed E-state index contributed by atoms with van der Waals surface area (Å²) in [6.45, 7) is 6.85. The van der Waals surface area contributed by atoms with Gasteiger partial charge in [0, 0.05) is 13.1 Å². The first-order chi connectivity index (χ1) is 7.74. The summed E-state index contributed by atoms with van der Waals surface area (Å²) in [7, 11) is 0. The Kier molecular flexibility index (Phi) is 5.99. The molecule has 0 N–H and O–H groups in total. The number of amides is 1. The van der Waals surface area contributed by atoms with Crippen LogP contribution in [-0.2, 0) is 4.79 Å². The Hall–Kier alpha value is -0.740. The Morgan fingerprint density at radius 2 is 1.59 bits per heavy atom. The van der Waals surface area contributed by atoms with E-state index in [1.54, 1.807) is 13.8 Å². The lowest BCUT2D eigenvalue weighted by molar-refractivity contribution is -0.224. The highest BCUT2D eigenvalue weighted by atomic mass is 19.4. The Balaban J connectivity index is 5.10. The standard InChI is InChI=1S/C12H22F3NO/c1-5-8-9-11(4,12(13,14)15)10(17)16(6-2)7-3/h5-9H2,1-4H3. The SMILES string of the molecule is CCCCC(C)(C(=O)N(CC)CC)C(F)(F)F. The molecule has 5 heteroatoms. The van der Waals surface area contributed by atoms with Crippen molar-refractivity contribution in [1.29, 1.82) is 0 Å². The fourth-order valence-electron chi connectivity index (χ4n) is 1.76. The van der Waals surface area contributed by atoms with Crippen LogP contribution in [0.4, 0.5) is 13.2 Å². The van der Waals surface area contributed by atoms with Gasteiger partial charge in [-0.3, -0.25) is 4.79 Å². The van der Waals surface area contributed by atoms with Gasteiger partial charge < -0.3 is 4.90 Å². The van der Waals surface area contributed by atoms with Crippen LogP contribution in [0, 0.1) is 5.41 Å². The van der Waals surface area contributed by atoms with Crippen molar-refractivity contribution in [2.24, 2.45) is 5.41 Å². The summed E-state index contributed by atoms with van der Waals surface area (Å²) in [4.78, 5) is 13.2. The molecule has 0 aromatic rings. The molecule has 0 fully saturated rings. The molecule has 0 radical (unpaired) electrons. The minimum absolute atomic E-state index is 0.137. The molecule has 0 saturated carbocycles. The van der Waals surface area contributed by atoms with Crippen LogP contribution in [0.5, 0.6) is 0 Å². The van der Waals surface area contributed by atoms with Gasteiger partial charge in [-0.15, -0.1) is 0 Å². The highest BCUT2D eigenvalue weighted by molar-refractivity contribution is 5.83. The smallest absolute Gasteiger partial charge is 0.342 e. The molecular weight excluding hydrogens is 231 g/mol. The topological polar surface area (TPSA) is 20.3 Å². The van der Waals surface area contributed by atoms with Crippen molar-refractivity contribution in [2.75, 3.05) is 13.1 Å². The summed E-state index contributed by atoms with van der Waals surface area (Å²) in [6, 6.07) is 0. The summed E-state index contributed by atoms with van der Waals surface area (Å²) >= 11 is 0. The second-order valence-electron chi connectivity index (χ2n) is 4.41. The number of nitrogens with zero attached hydrogens (tertiary/aromatic N) is 1. The van der Waals surface area contributed by atoms with E-state index < -0.39 is 17.5 Å². The molecule has 0 aliphatic heterocycles. The molecule has 0 spiro atoms. The highest BCUT2D eigenvalue weighted by Crippen LogP contribution is 2.43. The zero-order valence-corrected chi connectivity index (χ0v) is 11.0. The van der Waals surface area contributed by atoms with Crippen LogP contribution in [0.1, 0.15) is 47.0 Å². The summed E-state index contributed by atoms with van der Waals surface area (Å²) in [5.74, 6) is -0.802. The van der Waals surface area contributed by atoms with Gasteiger partial charge >= 0.3 is 6.18 Å². The maximum Gasteiger partial charge on any atom is 0.402 e. The molecule has 1 amide bonds. The molecule has 1 unspecified atom stereocenters. The summed E-state index contributed by atoms with van der Waals surface area (Å²) in [5, 5.41) is 0. The van der Waals surface area contributed by atoms with Crippen molar-refractivity contribution >= 4 is 5.91 Å². The Morgan fingerprint density at radius 3 is 1.88 bits per heavy atom. The number of rotatable bonds is 6. The van der Waals surface area contributed by atoms with E-state index in [1.807, 2.05) is 6.92 Å². The molecule has 0 aliphatic rings. The third-order valence-electron chi connectivity index (χ3n) is 3.18. The van der Waals surface area contributed by atoms with Gasteiger partial charge in [0.2, 0.25) is 5.91 Å². The van der Waals surface area contributed by atoms with Crippen LogP contribution in [0.3, 0.4) is 0 Å². The molecule has 2 nitrogen and oxygen atoms in total. The van der Waals surface area contributed by atoms with E-state index in [-0.39, 0.29) is 6.42 Å². The summed E-state index contributed by atoms with van der Waals surface area (Å²) in [5.41, 5.74) is -2.24. The first kappa shape index (κ1) is 16.3. The normalized spacial score (nSPS) is 15.5. The van der Waals surface area contributed by atoms with Crippen molar-refractivity contribution in [1.82, 2.24) is 4.90 Å². The fraction of sp³-hybridized carbons (Fsp3) is 0.917. The first-order valence-electron chi connectivity index (χ1n) is 6.10. The molecule has 0 aromatic carbocycles. The number of halogens is 3. The number of hydrogen-bond donors (Lipinski definition) is 0. The first-order valence-corrected chi connectivity index (χ1v) is 6.10. The van der Waals surface area contributed by atoms with Gasteiger partial charge in [-0.25, -0.2) is 0 Å². The lowest BCUT2D eigenvalue weighted by Gasteiger charge is -2.35. The van der Waals surface area contributed by atoms with Gasteiger partial charge in [-0.1, -0.05) is 19.8 Å². The number of alkyl halides is 3. The molecular formula is C12H22F3NO. The minimum atomic E-state index is -4.48. The lowest BCUT2D eigenvalue weighted by atomic mass is 9.82. The molecule has 102 valence electrons. The third kappa shape index (κ3) is 3.61. The predicted molar refractivity (Wildman–Crippen MR) is 61.6 cm³/mol. The molecule has 17 heavy (non-hydrogen) atoms. The van der Waals surface area contributed by atoms with Crippen LogP contribution in [0.15, 0.2) is 0 Å². The highest BCUT2D eigenvalue weighted by Gasteiger charge is 2.56. The zero-order valence-electron chi connectivity index (χ0n) is 11.0. The predicted octanol–water partition coefficient (Wildman–Crippen LogP) is 3.61. The third-order valence-corrected chi connectivity index (χ3v) is 3.18. The molecule has 0 heterocycles. The lowest BCUT2D eigenvalue weighted by Crippen LogP contribution is -2.50. The van der Waals surface area contributed by atoms with Gasteiger partial charge in [-0.05, 0) is 27.2 Å². The van der Waals surface area contributed by atoms with Crippen LogP contribution >= 0.6 is 0 Å². The number of unbranched alkanes of at least 4 members (excludes halogenated alkanes) is 1. The van der Waals surface area contributed by atoms with Crippen molar-refractivity contribution < 1.29 is 18.0 Å². The van der Waals surface area contributed by atoms with Crippen LogP contribution in [-0.4, -0.2) is 30.1 Å².